The Bertz CT molecular complexity index is 998. The van der Waals surface area contributed by atoms with Crippen molar-refractivity contribution < 1.29 is 23.9 Å². The van der Waals surface area contributed by atoms with Crippen LogP contribution in [0.15, 0.2) is 48.6 Å². The maximum atomic E-state index is 13.2. The molecule has 0 spiro atoms. The van der Waals surface area contributed by atoms with Crippen molar-refractivity contribution in [3.05, 3.63) is 76.4 Å². The molecular formula is C22H18O5. The quantitative estimate of drug-likeness (QED) is 0.380. The van der Waals surface area contributed by atoms with Gasteiger partial charge in [-0.25, -0.2) is 0 Å². The number of ether oxygens (including phenoxy) is 2. The third-order valence-corrected chi connectivity index (χ3v) is 4.18. The van der Waals surface area contributed by atoms with Gasteiger partial charge in [-0.05, 0) is 30.7 Å². The van der Waals surface area contributed by atoms with E-state index in [9.17, 15) is 14.4 Å². The molecule has 5 heteroatoms. The summed E-state index contributed by atoms with van der Waals surface area (Å²) in [6.07, 6.45) is 3.42. The zero-order valence-electron chi connectivity index (χ0n) is 15.1. The Morgan fingerprint density at radius 3 is 2.30 bits per heavy atom. The Morgan fingerprint density at radius 1 is 1.11 bits per heavy atom. The lowest BCUT2D eigenvalue weighted by Gasteiger charge is -2.23. The fourth-order valence-electron chi connectivity index (χ4n) is 3.05. The maximum Gasteiger partial charge on any atom is 0.198 e. The van der Waals surface area contributed by atoms with Crippen LogP contribution in [0.5, 0.6) is 11.5 Å². The normalized spacial score (nSPS) is 12.5. The van der Waals surface area contributed by atoms with Crippen LogP contribution in [-0.4, -0.2) is 31.6 Å². The highest BCUT2D eigenvalue weighted by Crippen LogP contribution is 2.41. The molecule has 0 radical (unpaired) electrons. The van der Waals surface area contributed by atoms with Gasteiger partial charge < -0.3 is 9.47 Å². The minimum absolute atomic E-state index is 0.144. The number of fused-ring (bicyclic) bond motifs is 2. The smallest absolute Gasteiger partial charge is 0.198 e. The van der Waals surface area contributed by atoms with E-state index in [1.54, 1.807) is 37.3 Å². The van der Waals surface area contributed by atoms with E-state index in [2.05, 4.69) is 6.58 Å². The Labute approximate surface area is 156 Å². The Balaban J connectivity index is 2.32. The fraction of sp³-hybridized carbons (Fsp3) is 0.136. The fourth-order valence-corrected chi connectivity index (χ4v) is 3.05. The van der Waals surface area contributed by atoms with Crippen molar-refractivity contribution in [2.75, 3.05) is 13.7 Å². The molecule has 0 saturated carbocycles. The number of benzene rings is 2. The molecule has 1 aliphatic rings. The van der Waals surface area contributed by atoms with Crippen molar-refractivity contribution in [3.63, 3.8) is 0 Å². The van der Waals surface area contributed by atoms with Crippen LogP contribution in [0.2, 0.25) is 0 Å². The molecule has 1 aliphatic carbocycles. The molecule has 0 bridgehead atoms. The monoisotopic (exact) mass is 362 g/mol. The van der Waals surface area contributed by atoms with E-state index >= 15 is 0 Å². The summed E-state index contributed by atoms with van der Waals surface area (Å²) < 4.78 is 11.2. The molecule has 5 nitrogen and oxygen atoms in total. The lowest BCUT2D eigenvalue weighted by Crippen LogP contribution is -2.23. The number of carbonyl (C=O) groups is 3. The minimum Gasteiger partial charge on any atom is -0.495 e. The number of allylic oxidation sites excluding steroid dienone is 1. The predicted molar refractivity (Wildman–Crippen MR) is 102 cm³/mol. The molecule has 0 amide bonds. The zero-order chi connectivity index (χ0) is 19.6. The molecule has 0 saturated heterocycles. The summed E-state index contributed by atoms with van der Waals surface area (Å²) in [7, 11) is 1.42. The average molecular weight is 362 g/mol. The maximum absolute atomic E-state index is 13.2. The average Bonchev–Trinajstić information content (AvgIpc) is 2.67. The predicted octanol–water partition coefficient (Wildman–Crippen LogP) is 3.64. The van der Waals surface area contributed by atoms with E-state index in [-0.39, 0.29) is 40.8 Å². The van der Waals surface area contributed by atoms with Crippen molar-refractivity contribution in [2.24, 2.45) is 0 Å². The van der Waals surface area contributed by atoms with Gasteiger partial charge in [0.1, 0.15) is 24.4 Å². The first kappa shape index (κ1) is 18.3. The second-order valence-electron chi connectivity index (χ2n) is 6.19. The van der Waals surface area contributed by atoms with E-state index in [1.165, 1.54) is 19.3 Å². The van der Waals surface area contributed by atoms with Crippen LogP contribution in [0.25, 0.3) is 6.08 Å². The Morgan fingerprint density at radius 2 is 1.74 bits per heavy atom. The zero-order valence-corrected chi connectivity index (χ0v) is 15.1. The van der Waals surface area contributed by atoms with Crippen LogP contribution in [0.1, 0.15) is 44.3 Å². The number of hydrogen-bond donors (Lipinski definition) is 0. The second kappa shape index (κ2) is 7.41. The van der Waals surface area contributed by atoms with Gasteiger partial charge in [0.2, 0.25) is 0 Å². The van der Waals surface area contributed by atoms with Crippen LogP contribution >= 0.6 is 0 Å². The van der Waals surface area contributed by atoms with Gasteiger partial charge in [0.05, 0.1) is 18.2 Å². The molecule has 27 heavy (non-hydrogen) atoms. The number of hydrogen-bond acceptors (Lipinski definition) is 5. The second-order valence-corrected chi connectivity index (χ2v) is 6.19. The van der Waals surface area contributed by atoms with Gasteiger partial charge in [0.25, 0.3) is 0 Å². The third kappa shape index (κ3) is 3.19. The molecule has 0 fully saturated rings. The standard InChI is InChI=1S/C22H18O5/c1-13(2)12-27-17-11-14(7-6-10-23)22(26-3)19-18(17)20(24)15-8-4-5-9-16(15)21(19)25/h4-11H,1,12H2,2-3H3/b7-6+. The summed E-state index contributed by atoms with van der Waals surface area (Å²) in [5, 5.41) is 0. The van der Waals surface area contributed by atoms with E-state index in [0.29, 0.717) is 23.0 Å². The summed E-state index contributed by atoms with van der Waals surface area (Å²) in [5.74, 6) is -0.134. The van der Waals surface area contributed by atoms with Crippen molar-refractivity contribution in [1.29, 1.82) is 0 Å². The van der Waals surface area contributed by atoms with Gasteiger partial charge in [-0.3, -0.25) is 14.4 Å². The highest BCUT2D eigenvalue weighted by atomic mass is 16.5. The molecular weight excluding hydrogens is 344 g/mol. The molecule has 0 aliphatic heterocycles. The molecule has 0 unspecified atom stereocenters. The lowest BCUT2D eigenvalue weighted by molar-refractivity contribution is -0.104. The van der Waals surface area contributed by atoms with Crippen molar-refractivity contribution in [2.45, 2.75) is 6.92 Å². The van der Waals surface area contributed by atoms with E-state index in [0.717, 1.165) is 5.57 Å². The summed E-state index contributed by atoms with van der Waals surface area (Å²) in [5.41, 5.74) is 2.19. The molecule has 0 aromatic heterocycles. The van der Waals surface area contributed by atoms with Crippen molar-refractivity contribution in [3.8, 4) is 11.5 Å². The van der Waals surface area contributed by atoms with Crippen LogP contribution in [0.3, 0.4) is 0 Å². The van der Waals surface area contributed by atoms with E-state index < -0.39 is 0 Å². The Hall–Kier alpha value is -3.47. The van der Waals surface area contributed by atoms with Crippen molar-refractivity contribution in [1.82, 2.24) is 0 Å². The number of ketones is 2. The van der Waals surface area contributed by atoms with Crippen LogP contribution < -0.4 is 9.47 Å². The van der Waals surface area contributed by atoms with Crippen LogP contribution in [0, 0.1) is 0 Å². The number of rotatable bonds is 6. The highest BCUT2D eigenvalue weighted by Gasteiger charge is 2.36. The number of aldehydes is 1. The first-order valence-electron chi connectivity index (χ1n) is 8.32. The van der Waals surface area contributed by atoms with Crippen molar-refractivity contribution >= 4 is 23.9 Å². The summed E-state index contributed by atoms with van der Waals surface area (Å²) in [6.45, 7) is 5.79. The van der Waals surface area contributed by atoms with Crippen LogP contribution in [-0.2, 0) is 4.79 Å². The van der Waals surface area contributed by atoms with E-state index in [1.807, 2.05) is 0 Å². The van der Waals surface area contributed by atoms with Gasteiger partial charge in [-0.1, -0.05) is 30.8 Å². The van der Waals surface area contributed by atoms with Gasteiger partial charge in [0, 0.05) is 16.7 Å². The SMILES string of the molecule is C=C(C)COc1cc(/C=C/C=O)c(OC)c2c1C(=O)c1ccccc1C2=O. The number of methoxy groups -OCH3 is 1. The number of carbonyl (C=O) groups excluding carboxylic acids is 3. The molecule has 0 atom stereocenters. The first-order valence-corrected chi connectivity index (χ1v) is 8.32. The summed E-state index contributed by atoms with van der Waals surface area (Å²) in [6, 6.07) is 8.24. The molecule has 136 valence electrons. The van der Waals surface area contributed by atoms with Gasteiger partial charge in [0.15, 0.2) is 11.6 Å². The van der Waals surface area contributed by atoms with Gasteiger partial charge >= 0.3 is 0 Å². The van der Waals surface area contributed by atoms with Gasteiger partial charge in [-0.2, -0.15) is 0 Å². The molecule has 0 heterocycles. The summed E-state index contributed by atoms with van der Waals surface area (Å²) in [4.78, 5) is 37.0. The largest absolute Gasteiger partial charge is 0.495 e. The Kier molecular flexibility index (Phi) is 5.03. The minimum atomic E-state index is -0.321. The summed E-state index contributed by atoms with van der Waals surface area (Å²) >= 11 is 0. The molecule has 3 rings (SSSR count). The molecule has 2 aromatic carbocycles. The molecule has 2 aromatic rings. The highest BCUT2D eigenvalue weighted by molar-refractivity contribution is 6.30. The third-order valence-electron chi connectivity index (χ3n) is 4.18. The molecule has 0 N–H and O–H groups in total. The van der Waals surface area contributed by atoms with Crippen LogP contribution in [0.4, 0.5) is 0 Å². The topological polar surface area (TPSA) is 69.7 Å². The van der Waals surface area contributed by atoms with E-state index in [4.69, 9.17) is 9.47 Å². The van der Waals surface area contributed by atoms with Gasteiger partial charge in [-0.15, -0.1) is 0 Å². The first-order chi connectivity index (χ1) is 13.0. The lowest BCUT2D eigenvalue weighted by atomic mass is 9.82.